The predicted octanol–water partition coefficient (Wildman–Crippen LogP) is 2.55. The van der Waals surface area contributed by atoms with Crippen LogP contribution in [0.3, 0.4) is 0 Å². The van der Waals surface area contributed by atoms with E-state index in [4.69, 9.17) is 16.7 Å². The number of amides is 2. The molecule has 2 rings (SSSR count). The highest BCUT2D eigenvalue weighted by Crippen LogP contribution is 2.15. The fraction of sp³-hybridized carbons (Fsp3) is 0.300. The largest absolute Gasteiger partial charge is 0.395 e. The van der Waals surface area contributed by atoms with Crippen LogP contribution in [0.1, 0.15) is 18.1 Å². The third-order valence-electron chi connectivity index (χ3n) is 4.11. The van der Waals surface area contributed by atoms with Gasteiger partial charge in [-0.3, -0.25) is 9.59 Å². The van der Waals surface area contributed by atoms with Crippen LogP contribution in [0.25, 0.3) is 0 Å². The molecular formula is C20H22ClFN2O3. The Labute approximate surface area is 162 Å². The Hall–Kier alpha value is -2.44. The maximum absolute atomic E-state index is 13.1. The van der Waals surface area contributed by atoms with Gasteiger partial charge >= 0.3 is 0 Å². The minimum absolute atomic E-state index is 0.107. The zero-order chi connectivity index (χ0) is 19.8. The summed E-state index contributed by atoms with van der Waals surface area (Å²) in [5.41, 5.74) is 1.49. The number of carbonyl (C=O) groups is 2. The molecule has 2 amide bonds. The first-order valence-electron chi connectivity index (χ1n) is 8.57. The quantitative estimate of drug-likeness (QED) is 0.725. The molecule has 2 N–H and O–H groups in total. The predicted molar refractivity (Wildman–Crippen MR) is 102 cm³/mol. The van der Waals surface area contributed by atoms with Crippen molar-refractivity contribution >= 4 is 23.4 Å². The minimum atomic E-state index is -0.749. The number of carbonyl (C=O) groups excluding carboxylic acids is 2. The zero-order valence-electron chi connectivity index (χ0n) is 15.0. The Kier molecular flexibility index (Phi) is 7.76. The van der Waals surface area contributed by atoms with Gasteiger partial charge in [-0.2, -0.15) is 0 Å². The molecule has 0 aromatic heterocycles. The number of benzene rings is 2. The van der Waals surface area contributed by atoms with E-state index >= 15 is 0 Å². The van der Waals surface area contributed by atoms with E-state index in [9.17, 15) is 14.0 Å². The maximum Gasteiger partial charge on any atom is 0.242 e. The van der Waals surface area contributed by atoms with Crippen molar-refractivity contribution in [1.29, 1.82) is 0 Å². The summed E-state index contributed by atoms with van der Waals surface area (Å²) >= 11 is 5.87. The molecule has 7 heteroatoms. The van der Waals surface area contributed by atoms with E-state index in [0.717, 1.165) is 5.56 Å². The molecule has 0 spiro atoms. The highest BCUT2D eigenvalue weighted by atomic mass is 35.5. The summed E-state index contributed by atoms with van der Waals surface area (Å²) in [4.78, 5) is 26.6. The molecular weight excluding hydrogens is 371 g/mol. The van der Waals surface area contributed by atoms with Gasteiger partial charge in [-0.15, -0.1) is 0 Å². The fourth-order valence-corrected chi connectivity index (χ4v) is 2.70. The van der Waals surface area contributed by atoms with Crippen LogP contribution in [-0.4, -0.2) is 41.0 Å². The number of rotatable bonds is 8. The minimum Gasteiger partial charge on any atom is -0.395 e. The van der Waals surface area contributed by atoms with E-state index in [1.54, 1.807) is 43.3 Å². The van der Waals surface area contributed by atoms with E-state index in [1.165, 1.54) is 17.0 Å². The molecule has 0 saturated carbocycles. The molecule has 0 aliphatic heterocycles. The number of aliphatic hydroxyl groups is 1. The van der Waals surface area contributed by atoms with E-state index in [1.807, 2.05) is 0 Å². The van der Waals surface area contributed by atoms with Crippen molar-refractivity contribution in [2.45, 2.75) is 25.9 Å². The Bertz CT molecular complexity index is 766. The molecule has 144 valence electrons. The van der Waals surface area contributed by atoms with Crippen molar-refractivity contribution < 1.29 is 19.1 Å². The third kappa shape index (κ3) is 6.34. The van der Waals surface area contributed by atoms with Gasteiger partial charge in [0.25, 0.3) is 0 Å². The smallest absolute Gasteiger partial charge is 0.242 e. The molecule has 1 unspecified atom stereocenters. The molecule has 2 aromatic carbocycles. The number of nitrogens with zero attached hydrogens (tertiary/aromatic N) is 1. The van der Waals surface area contributed by atoms with Gasteiger partial charge in [0.1, 0.15) is 11.9 Å². The molecule has 5 nitrogen and oxygen atoms in total. The average Bonchev–Trinajstić information content (AvgIpc) is 2.66. The summed E-state index contributed by atoms with van der Waals surface area (Å²) in [6, 6.07) is 12.0. The van der Waals surface area contributed by atoms with Gasteiger partial charge in [0.2, 0.25) is 11.8 Å². The van der Waals surface area contributed by atoms with Crippen molar-refractivity contribution in [3.63, 3.8) is 0 Å². The summed E-state index contributed by atoms with van der Waals surface area (Å²) in [7, 11) is 0. The van der Waals surface area contributed by atoms with Gasteiger partial charge in [0.15, 0.2) is 0 Å². The molecule has 2 aromatic rings. The lowest BCUT2D eigenvalue weighted by molar-refractivity contribution is -0.140. The summed E-state index contributed by atoms with van der Waals surface area (Å²) in [5, 5.41) is 12.0. The van der Waals surface area contributed by atoms with E-state index in [-0.39, 0.29) is 43.7 Å². The van der Waals surface area contributed by atoms with Crippen LogP contribution in [0.2, 0.25) is 5.02 Å². The van der Waals surface area contributed by atoms with Crippen molar-refractivity contribution in [3.05, 3.63) is 70.5 Å². The fourth-order valence-electron chi connectivity index (χ4n) is 2.57. The van der Waals surface area contributed by atoms with Gasteiger partial charge in [0, 0.05) is 18.1 Å². The molecule has 0 aliphatic carbocycles. The standard InChI is InChI=1S/C20H22ClFN2O3/c1-14(20(27)23-10-11-25)24(13-16-4-8-18(22)9-5-16)19(26)12-15-2-6-17(21)7-3-15/h2-9,14,25H,10-13H2,1H3,(H,23,27). The number of aliphatic hydroxyl groups excluding tert-OH is 1. The van der Waals surface area contributed by atoms with Crippen LogP contribution in [0.15, 0.2) is 48.5 Å². The molecule has 0 radical (unpaired) electrons. The van der Waals surface area contributed by atoms with E-state index < -0.39 is 6.04 Å². The number of halogens is 2. The SMILES string of the molecule is CC(C(=O)NCCO)N(Cc1ccc(F)cc1)C(=O)Cc1ccc(Cl)cc1. The second kappa shape index (κ2) is 10.0. The lowest BCUT2D eigenvalue weighted by atomic mass is 10.1. The van der Waals surface area contributed by atoms with Crippen LogP contribution in [0.4, 0.5) is 4.39 Å². The third-order valence-corrected chi connectivity index (χ3v) is 4.37. The molecule has 0 aliphatic rings. The Balaban J connectivity index is 2.18. The highest BCUT2D eigenvalue weighted by molar-refractivity contribution is 6.30. The van der Waals surface area contributed by atoms with E-state index in [2.05, 4.69) is 5.32 Å². The van der Waals surface area contributed by atoms with Gasteiger partial charge in [-0.1, -0.05) is 35.9 Å². The monoisotopic (exact) mass is 392 g/mol. The topological polar surface area (TPSA) is 69.6 Å². The van der Waals surface area contributed by atoms with Crippen LogP contribution in [-0.2, 0) is 22.6 Å². The summed E-state index contributed by atoms with van der Waals surface area (Å²) in [6.45, 7) is 1.71. The van der Waals surface area contributed by atoms with Crippen molar-refractivity contribution in [1.82, 2.24) is 10.2 Å². The summed E-state index contributed by atoms with van der Waals surface area (Å²) in [5.74, 6) is -0.976. The second-order valence-corrected chi connectivity index (χ2v) is 6.58. The first-order valence-corrected chi connectivity index (χ1v) is 8.95. The number of hydrogen-bond acceptors (Lipinski definition) is 3. The van der Waals surface area contributed by atoms with Crippen molar-refractivity contribution in [2.75, 3.05) is 13.2 Å². The summed E-state index contributed by atoms with van der Waals surface area (Å²) in [6.07, 6.45) is 0.107. The normalized spacial score (nSPS) is 11.7. The van der Waals surface area contributed by atoms with Crippen LogP contribution in [0, 0.1) is 5.82 Å². The van der Waals surface area contributed by atoms with Crippen LogP contribution in [0.5, 0.6) is 0 Å². The molecule has 1 atom stereocenters. The van der Waals surface area contributed by atoms with Gasteiger partial charge < -0.3 is 15.3 Å². The Morgan fingerprint density at radius 1 is 1.11 bits per heavy atom. The van der Waals surface area contributed by atoms with Crippen LogP contribution >= 0.6 is 11.6 Å². The first kappa shape index (κ1) is 20.9. The zero-order valence-corrected chi connectivity index (χ0v) is 15.7. The van der Waals surface area contributed by atoms with Crippen LogP contribution < -0.4 is 5.32 Å². The van der Waals surface area contributed by atoms with Gasteiger partial charge in [-0.05, 0) is 42.3 Å². The Morgan fingerprint density at radius 3 is 2.30 bits per heavy atom. The van der Waals surface area contributed by atoms with Crippen molar-refractivity contribution in [2.24, 2.45) is 0 Å². The molecule has 0 bridgehead atoms. The molecule has 27 heavy (non-hydrogen) atoms. The van der Waals surface area contributed by atoms with Crippen molar-refractivity contribution in [3.8, 4) is 0 Å². The average molecular weight is 393 g/mol. The molecule has 0 heterocycles. The van der Waals surface area contributed by atoms with Gasteiger partial charge in [-0.25, -0.2) is 4.39 Å². The lowest BCUT2D eigenvalue weighted by Crippen LogP contribution is -2.48. The lowest BCUT2D eigenvalue weighted by Gasteiger charge is -2.29. The molecule has 0 saturated heterocycles. The number of hydrogen-bond donors (Lipinski definition) is 2. The number of nitrogens with one attached hydrogen (secondary N) is 1. The second-order valence-electron chi connectivity index (χ2n) is 6.14. The molecule has 0 fully saturated rings. The first-order chi connectivity index (χ1) is 12.9. The maximum atomic E-state index is 13.1. The van der Waals surface area contributed by atoms with E-state index in [0.29, 0.717) is 10.6 Å². The highest BCUT2D eigenvalue weighted by Gasteiger charge is 2.26. The van der Waals surface area contributed by atoms with Gasteiger partial charge in [0.05, 0.1) is 13.0 Å². The summed E-state index contributed by atoms with van der Waals surface area (Å²) < 4.78 is 13.1. The Morgan fingerprint density at radius 2 is 1.70 bits per heavy atom.